The zero-order valence-electron chi connectivity index (χ0n) is 7.90. The maximum Gasteiger partial charge on any atom is 0.103 e. The Bertz CT molecular complexity index is 335. The first-order valence-electron chi connectivity index (χ1n) is 4.76. The van der Waals surface area contributed by atoms with Gasteiger partial charge < -0.3 is 5.32 Å². The topological polar surface area (TPSA) is 61.6 Å². The Labute approximate surface area is 83.0 Å². The van der Waals surface area contributed by atoms with Gasteiger partial charge in [0, 0.05) is 12.4 Å². The fourth-order valence-corrected chi connectivity index (χ4v) is 1.82. The quantitative estimate of drug-likeness (QED) is 0.701. The van der Waals surface area contributed by atoms with Gasteiger partial charge in [0.15, 0.2) is 0 Å². The van der Waals surface area contributed by atoms with Gasteiger partial charge in [-0.2, -0.15) is 5.26 Å². The van der Waals surface area contributed by atoms with E-state index in [4.69, 9.17) is 0 Å². The van der Waals surface area contributed by atoms with Gasteiger partial charge in [-0.3, -0.25) is 9.97 Å². The van der Waals surface area contributed by atoms with E-state index in [9.17, 15) is 5.26 Å². The number of nitrogens with one attached hydrogen (secondary N) is 1. The molecule has 0 bridgehead atoms. The van der Waals surface area contributed by atoms with Crippen molar-refractivity contribution in [3.05, 3.63) is 24.3 Å². The van der Waals surface area contributed by atoms with Crippen molar-refractivity contribution in [3.63, 3.8) is 0 Å². The normalized spacial score (nSPS) is 19.9. The van der Waals surface area contributed by atoms with Gasteiger partial charge in [-0.05, 0) is 25.9 Å². The highest BCUT2D eigenvalue weighted by Crippen LogP contribution is 2.30. The Balaban J connectivity index is 2.33. The first-order chi connectivity index (χ1) is 6.87. The van der Waals surface area contributed by atoms with E-state index in [1.54, 1.807) is 18.6 Å². The molecule has 1 saturated heterocycles. The molecule has 4 nitrogen and oxygen atoms in total. The lowest BCUT2D eigenvalue weighted by molar-refractivity contribution is 0.374. The molecule has 4 heteroatoms. The Morgan fingerprint density at radius 3 is 2.71 bits per heavy atom. The van der Waals surface area contributed by atoms with Gasteiger partial charge in [-0.15, -0.1) is 0 Å². The van der Waals surface area contributed by atoms with E-state index in [0.717, 1.165) is 31.6 Å². The van der Waals surface area contributed by atoms with Crippen LogP contribution < -0.4 is 5.32 Å². The van der Waals surface area contributed by atoms with E-state index >= 15 is 0 Å². The molecule has 2 heterocycles. The van der Waals surface area contributed by atoms with E-state index in [1.807, 2.05) is 0 Å². The molecule has 72 valence electrons. The van der Waals surface area contributed by atoms with Crippen LogP contribution in [0.5, 0.6) is 0 Å². The average Bonchev–Trinajstić information content (AvgIpc) is 2.31. The van der Waals surface area contributed by atoms with Crippen LogP contribution in [0.1, 0.15) is 18.5 Å². The molecule has 1 aromatic rings. The molecule has 0 spiro atoms. The van der Waals surface area contributed by atoms with Gasteiger partial charge in [-0.25, -0.2) is 0 Å². The second-order valence-electron chi connectivity index (χ2n) is 3.53. The second kappa shape index (κ2) is 3.72. The van der Waals surface area contributed by atoms with Crippen LogP contribution in [0.4, 0.5) is 0 Å². The number of nitriles is 1. The van der Waals surface area contributed by atoms with E-state index in [2.05, 4.69) is 21.4 Å². The summed E-state index contributed by atoms with van der Waals surface area (Å²) >= 11 is 0. The van der Waals surface area contributed by atoms with E-state index in [-0.39, 0.29) is 0 Å². The van der Waals surface area contributed by atoms with Gasteiger partial charge in [0.1, 0.15) is 5.41 Å². The minimum Gasteiger partial charge on any atom is -0.317 e. The summed E-state index contributed by atoms with van der Waals surface area (Å²) in [5.41, 5.74) is 0.392. The van der Waals surface area contributed by atoms with Crippen molar-refractivity contribution in [2.45, 2.75) is 18.3 Å². The molecule has 0 aliphatic carbocycles. The number of hydrogen-bond donors (Lipinski definition) is 1. The van der Waals surface area contributed by atoms with Crippen LogP contribution in [0.25, 0.3) is 0 Å². The van der Waals surface area contributed by atoms with Crippen LogP contribution >= 0.6 is 0 Å². The predicted molar refractivity (Wildman–Crippen MR) is 51.4 cm³/mol. The minimum atomic E-state index is -0.417. The number of nitrogens with zero attached hydrogens (tertiary/aromatic N) is 3. The summed E-state index contributed by atoms with van der Waals surface area (Å²) in [6, 6.07) is 2.39. The van der Waals surface area contributed by atoms with Crippen LogP contribution in [0, 0.1) is 11.3 Å². The fourth-order valence-electron chi connectivity index (χ4n) is 1.82. The Morgan fingerprint density at radius 1 is 1.36 bits per heavy atom. The Kier molecular flexibility index (Phi) is 2.42. The number of aromatic nitrogens is 2. The molecule has 0 saturated carbocycles. The molecule has 1 aliphatic heterocycles. The summed E-state index contributed by atoms with van der Waals surface area (Å²) in [6.45, 7) is 1.76. The molecule has 14 heavy (non-hydrogen) atoms. The standard InChI is InChI=1S/C10H12N4/c11-8-10(1-3-12-4-2-10)9-7-13-5-6-14-9/h5-7,12H,1-4H2. The molecule has 1 fully saturated rings. The van der Waals surface area contributed by atoms with Crippen molar-refractivity contribution in [1.29, 1.82) is 5.26 Å². The smallest absolute Gasteiger partial charge is 0.103 e. The third-order valence-corrected chi connectivity index (χ3v) is 2.72. The van der Waals surface area contributed by atoms with E-state index < -0.39 is 5.41 Å². The van der Waals surface area contributed by atoms with Crippen LogP contribution in [0.15, 0.2) is 18.6 Å². The van der Waals surface area contributed by atoms with E-state index in [1.165, 1.54) is 0 Å². The number of hydrogen-bond acceptors (Lipinski definition) is 4. The zero-order chi connectivity index (χ0) is 9.86. The largest absolute Gasteiger partial charge is 0.317 e. The zero-order valence-corrected chi connectivity index (χ0v) is 7.90. The maximum atomic E-state index is 9.25. The highest BCUT2D eigenvalue weighted by molar-refractivity contribution is 5.25. The van der Waals surface area contributed by atoms with Crippen LogP contribution in [-0.4, -0.2) is 23.1 Å². The third-order valence-electron chi connectivity index (χ3n) is 2.72. The van der Waals surface area contributed by atoms with Crippen molar-refractivity contribution < 1.29 is 0 Å². The fraction of sp³-hybridized carbons (Fsp3) is 0.500. The summed E-state index contributed by atoms with van der Waals surface area (Å²) in [6.07, 6.45) is 6.63. The second-order valence-corrected chi connectivity index (χ2v) is 3.53. The van der Waals surface area contributed by atoms with Gasteiger partial charge in [0.05, 0.1) is 18.0 Å². The Hall–Kier alpha value is -1.47. The summed E-state index contributed by atoms with van der Waals surface area (Å²) in [5.74, 6) is 0. The third kappa shape index (κ3) is 1.47. The lowest BCUT2D eigenvalue weighted by atomic mass is 9.78. The molecule has 2 rings (SSSR count). The molecule has 0 aromatic carbocycles. The molecule has 0 atom stereocenters. The van der Waals surface area contributed by atoms with Crippen LogP contribution in [-0.2, 0) is 5.41 Å². The molecular formula is C10H12N4. The molecule has 0 amide bonds. The monoisotopic (exact) mass is 188 g/mol. The summed E-state index contributed by atoms with van der Waals surface area (Å²) in [4.78, 5) is 8.25. The van der Waals surface area contributed by atoms with Crippen LogP contribution in [0.2, 0.25) is 0 Å². The lowest BCUT2D eigenvalue weighted by Crippen LogP contribution is -2.39. The van der Waals surface area contributed by atoms with Gasteiger partial charge in [-0.1, -0.05) is 0 Å². The molecule has 1 N–H and O–H groups in total. The lowest BCUT2D eigenvalue weighted by Gasteiger charge is -2.30. The highest BCUT2D eigenvalue weighted by Gasteiger charge is 2.35. The minimum absolute atomic E-state index is 0.417. The first-order valence-corrected chi connectivity index (χ1v) is 4.76. The van der Waals surface area contributed by atoms with Crippen molar-refractivity contribution in [1.82, 2.24) is 15.3 Å². The van der Waals surface area contributed by atoms with Crippen LogP contribution in [0.3, 0.4) is 0 Å². The first kappa shape index (κ1) is 9.10. The molecule has 1 aromatic heterocycles. The van der Waals surface area contributed by atoms with Gasteiger partial charge in [0.25, 0.3) is 0 Å². The van der Waals surface area contributed by atoms with Crippen molar-refractivity contribution >= 4 is 0 Å². The van der Waals surface area contributed by atoms with Crippen molar-refractivity contribution in [2.75, 3.05) is 13.1 Å². The van der Waals surface area contributed by atoms with Crippen molar-refractivity contribution in [2.24, 2.45) is 0 Å². The van der Waals surface area contributed by atoms with Gasteiger partial charge >= 0.3 is 0 Å². The maximum absolute atomic E-state index is 9.25. The summed E-state index contributed by atoms with van der Waals surface area (Å²) in [7, 11) is 0. The molecule has 0 unspecified atom stereocenters. The average molecular weight is 188 g/mol. The number of piperidine rings is 1. The predicted octanol–water partition coefficient (Wildman–Crippen LogP) is 0.621. The van der Waals surface area contributed by atoms with Crippen molar-refractivity contribution in [3.8, 4) is 6.07 Å². The molecular weight excluding hydrogens is 176 g/mol. The highest BCUT2D eigenvalue weighted by atomic mass is 14.9. The Morgan fingerprint density at radius 2 is 2.14 bits per heavy atom. The summed E-state index contributed by atoms with van der Waals surface area (Å²) in [5, 5.41) is 12.5. The van der Waals surface area contributed by atoms with Gasteiger partial charge in [0.2, 0.25) is 0 Å². The number of rotatable bonds is 1. The molecule has 1 aliphatic rings. The SMILES string of the molecule is N#CC1(c2cnccn2)CCNCC1. The van der Waals surface area contributed by atoms with E-state index in [0.29, 0.717) is 0 Å². The summed E-state index contributed by atoms with van der Waals surface area (Å²) < 4.78 is 0. The molecule has 0 radical (unpaired) electrons.